The lowest BCUT2D eigenvalue weighted by molar-refractivity contribution is 1.18. The highest BCUT2D eigenvalue weighted by Crippen LogP contribution is 2.48. The molecule has 0 aliphatic heterocycles. The number of benzene rings is 7. The Balaban J connectivity index is 1.32. The summed E-state index contributed by atoms with van der Waals surface area (Å²) in [5.74, 6) is 0. The number of fused-ring (bicyclic) bond motifs is 8. The minimum Gasteiger partial charge on any atom is -0.309 e. The minimum atomic E-state index is 1.16. The van der Waals surface area contributed by atoms with Crippen LogP contribution in [0.3, 0.4) is 0 Å². The van der Waals surface area contributed by atoms with Gasteiger partial charge in [0.15, 0.2) is 0 Å². The molecule has 0 fully saturated rings. The zero-order chi connectivity index (χ0) is 30.9. The molecule has 220 valence electrons. The van der Waals surface area contributed by atoms with Crippen LogP contribution >= 0.6 is 11.3 Å². The molecule has 0 N–H and O–H groups in total. The highest BCUT2D eigenvalue weighted by Gasteiger charge is 2.23. The van der Waals surface area contributed by atoms with Crippen LogP contribution in [0.2, 0.25) is 0 Å². The third kappa shape index (κ3) is 3.84. The van der Waals surface area contributed by atoms with Crippen LogP contribution in [0, 0.1) is 0 Å². The third-order valence-corrected chi connectivity index (χ3v) is 10.7. The molecule has 0 saturated heterocycles. The van der Waals surface area contributed by atoms with E-state index >= 15 is 0 Å². The number of rotatable bonds is 4. The summed E-state index contributed by atoms with van der Waals surface area (Å²) < 4.78 is 7.53. The first-order valence-corrected chi connectivity index (χ1v) is 16.9. The van der Waals surface area contributed by atoms with Crippen molar-refractivity contribution in [1.29, 1.82) is 0 Å². The van der Waals surface area contributed by atoms with Gasteiger partial charge < -0.3 is 9.13 Å². The molecular formula is C44H28N2S. The maximum absolute atomic E-state index is 2.46. The zero-order valence-corrected chi connectivity index (χ0v) is 26.3. The minimum absolute atomic E-state index is 1.16. The van der Waals surface area contributed by atoms with Gasteiger partial charge in [-0.3, -0.25) is 0 Å². The molecule has 10 rings (SSSR count). The second-order valence-corrected chi connectivity index (χ2v) is 13.1. The Morgan fingerprint density at radius 1 is 0.340 bits per heavy atom. The molecule has 10 aromatic rings. The van der Waals surface area contributed by atoms with E-state index in [1.54, 1.807) is 0 Å². The van der Waals surface area contributed by atoms with Crippen LogP contribution in [0.1, 0.15) is 0 Å². The maximum atomic E-state index is 2.46. The molecule has 2 nitrogen and oxygen atoms in total. The number of hydrogen-bond donors (Lipinski definition) is 0. The molecule has 0 saturated carbocycles. The summed E-state index contributed by atoms with van der Waals surface area (Å²) in [4.78, 5) is 0. The first-order valence-electron chi connectivity index (χ1n) is 16.0. The third-order valence-electron chi connectivity index (χ3n) is 9.53. The zero-order valence-electron chi connectivity index (χ0n) is 25.5. The second kappa shape index (κ2) is 10.3. The molecule has 3 aromatic heterocycles. The van der Waals surface area contributed by atoms with E-state index in [0.717, 1.165) is 5.69 Å². The van der Waals surface area contributed by atoms with Gasteiger partial charge in [-0.15, -0.1) is 11.3 Å². The molecule has 47 heavy (non-hydrogen) atoms. The topological polar surface area (TPSA) is 9.86 Å². The summed E-state index contributed by atoms with van der Waals surface area (Å²) in [5.41, 5.74) is 12.3. The number of nitrogens with zero attached hydrogens (tertiary/aromatic N) is 2. The van der Waals surface area contributed by atoms with Gasteiger partial charge in [0, 0.05) is 43.2 Å². The molecule has 7 aromatic carbocycles. The van der Waals surface area contributed by atoms with E-state index in [1.165, 1.54) is 81.0 Å². The van der Waals surface area contributed by atoms with Gasteiger partial charge in [0.25, 0.3) is 0 Å². The Bertz CT molecular complexity index is 2780. The predicted molar refractivity (Wildman–Crippen MR) is 201 cm³/mol. The average Bonchev–Trinajstić information content (AvgIpc) is 3.79. The van der Waals surface area contributed by atoms with Crippen molar-refractivity contribution in [3.8, 4) is 33.6 Å². The second-order valence-electron chi connectivity index (χ2n) is 12.1. The van der Waals surface area contributed by atoms with Crippen LogP contribution < -0.4 is 0 Å². The van der Waals surface area contributed by atoms with Gasteiger partial charge in [-0.1, -0.05) is 127 Å². The molecule has 0 aliphatic rings. The lowest BCUT2D eigenvalue weighted by Gasteiger charge is -2.16. The van der Waals surface area contributed by atoms with Gasteiger partial charge >= 0.3 is 0 Å². The molecular weight excluding hydrogens is 589 g/mol. The summed E-state index contributed by atoms with van der Waals surface area (Å²) in [7, 11) is 0. The summed E-state index contributed by atoms with van der Waals surface area (Å²) >= 11 is 1.90. The molecule has 0 atom stereocenters. The van der Waals surface area contributed by atoms with E-state index in [1.807, 2.05) is 11.3 Å². The Hall–Kier alpha value is -5.90. The van der Waals surface area contributed by atoms with Crippen molar-refractivity contribution in [2.45, 2.75) is 0 Å². The SMILES string of the molecule is c1ccc(-n2c3ccccc3c3cccc(-c4ccccc4-c4cccc5sc6c7ccccc7n(-c7ccccc7)c6c45)c32)cc1. The van der Waals surface area contributed by atoms with Gasteiger partial charge in [0.1, 0.15) is 0 Å². The van der Waals surface area contributed by atoms with Crippen molar-refractivity contribution < 1.29 is 0 Å². The van der Waals surface area contributed by atoms with Crippen LogP contribution in [0.4, 0.5) is 0 Å². The highest BCUT2D eigenvalue weighted by molar-refractivity contribution is 7.26. The van der Waals surface area contributed by atoms with Crippen molar-refractivity contribution in [2.24, 2.45) is 0 Å². The summed E-state index contributed by atoms with van der Waals surface area (Å²) in [5, 5.41) is 5.12. The first-order chi connectivity index (χ1) is 23.4. The van der Waals surface area contributed by atoms with Crippen molar-refractivity contribution in [2.75, 3.05) is 0 Å². The molecule has 0 bridgehead atoms. The summed E-state index contributed by atoms with van der Waals surface area (Å²) in [6, 6.07) is 61.7. The van der Waals surface area contributed by atoms with Gasteiger partial charge in [-0.25, -0.2) is 0 Å². The van der Waals surface area contributed by atoms with Crippen LogP contribution in [0.15, 0.2) is 170 Å². The van der Waals surface area contributed by atoms with Gasteiger partial charge in [0.05, 0.1) is 26.8 Å². The lowest BCUT2D eigenvalue weighted by Crippen LogP contribution is -1.96. The van der Waals surface area contributed by atoms with Crippen LogP contribution in [-0.2, 0) is 0 Å². The smallest absolute Gasteiger partial charge is 0.0734 e. The van der Waals surface area contributed by atoms with Crippen molar-refractivity contribution in [1.82, 2.24) is 9.13 Å². The fraction of sp³-hybridized carbons (Fsp3) is 0. The van der Waals surface area contributed by atoms with E-state index in [4.69, 9.17) is 0 Å². The normalized spacial score (nSPS) is 11.8. The van der Waals surface area contributed by atoms with Crippen LogP contribution in [0.25, 0.3) is 86.6 Å². The van der Waals surface area contributed by atoms with Crippen LogP contribution in [-0.4, -0.2) is 9.13 Å². The predicted octanol–water partition coefficient (Wildman–Crippen LogP) is 12.4. The van der Waals surface area contributed by atoms with Crippen molar-refractivity contribution in [3.63, 3.8) is 0 Å². The highest BCUT2D eigenvalue weighted by atomic mass is 32.1. The van der Waals surface area contributed by atoms with E-state index in [0.29, 0.717) is 0 Å². The number of thiophene rings is 1. The summed E-state index contributed by atoms with van der Waals surface area (Å²) in [6.07, 6.45) is 0. The molecule has 0 spiro atoms. The van der Waals surface area contributed by atoms with Crippen molar-refractivity contribution >= 4 is 64.3 Å². The standard InChI is InChI=1S/C44H28N2S/c1-3-15-29(16-4-1)45-38-26-11-9-21-33(38)36-25-13-24-35(42(36)45)32-20-8-7-19-31(32)34-23-14-28-40-41(34)43-44(47-40)37-22-10-12-27-39(37)46(43)30-17-5-2-6-18-30/h1-28H. The Morgan fingerprint density at radius 3 is 1.55 bits per heavy atom. The molecule has 0 amide bonds. The van der Waals surface area contributed by atoms with E-state index in [9.17, 15) is 0 Å². The van der Waals surface area contributed by atoms with Gasteiger partial charge in [-0.2, -0.15) is 0 Å². The maximum Gasteiger partial charge on any atom is 0.0734 e. The van der Waals surface area contributed by atoms with E-state index in [2.05, 4.69) is 179 Å². The largest absolute Gasteiger partial charge is 0.309 e. The lowest BCUT2D eigenvalue weighted by atomic mass is 9.91. The molecule has 3 heteroatoms. The Labute approximate surface area is 276 Å². The fourth-order valence-corrected chi connectivity index (χ4v) is 8.86. The van der Waals surface area contributed by atoms with E-state index in [-0.39, 0.29) is 0 Å². The molecule has 0 aliphatic carbocycles. The number of hydrogen-bond acceptors (Lipinski definition) is 1. The fourth-order valence-electron chi connectivity index (χ4n) is 7.61. The van der Waals surface area contributed by atoms with Crippen molar-refractivity contribution in [3.05, 3.63) is 170 Å². The Kier molecular flexibility index (Phi) is 5.78. The van der Waals surface area contributed by atoms with E-state index < -0.39 is 0 Å². The first kappa shape index (κ1) is 26.3. The molecule has 0 radical (unpaired) electrons. The van der Waals surface area contributed by atoms with Gasteiger partial charge in [-0.05, 0) is 59.2 Å². The summed E-state index contributed by atoms with van der Waals surface area (Å²) in [6.45, 7) is 0. The Morgan fingerprint density at radius 2 is 0.830 bits per heavy atom. The molecule has 3 heterocycles. The molecule has 0 unspecified atom stereocenters. The quantitative estimate of drug-likeness (QED) is 0.186. The monoisotopic (exact) mass is 616 g/mol. The number of aromatic nitrogens is 2. The van der Waals surface area contributed by atoms with Gasteiger partial charge in [0.2, 0.25) is 0 Å². The number of para-hydroxylation sites is 5. The average molecular weight is 617 g/mol. The van der Waals surface area contributed by atoms with Crippen LogP contribution in [0.5, 0.6) is 0 Å².